The summed E-state index contributed by atoms with van der Waals surface area (Å²) in [5.41, 5.74) is 2.47. The summed E-state index contributed by atoms with van der Waals surface area (Å²) in [6.07, 6.45) is 7.32. The van der Waals surface area contributed by atoms with Crippen LogP contribution in [0.4, 0.5) is 5.82 Å². The Morgan fingerprint density at radius 1 is 1.28 bits per heavy atom. The van der Waals surface area contributed by atoms with Gasteiger partial charge in [-0.3, -0.25) is 4.79 Å². The van der Waals surface area contributed by atoms with Gasteiger partial charge in [0, 0.05) is 11.6 Å². The molecule has 0 bridgehead atoms. The number of hydrogen-bond acceptors (Lipinski definition) is 4. The molecule has 3 aromatic rings. The van der Waals surface area contributed by atoms with E-state index in [-0.39, 0.29) is 5.91 Å². The molecule has 1 saturated carbocycles. The van der Waals surface area contributed by atoms with Gasteiger partial charge in [0.2, 0.25) is 0 Å². The molecule has 25 heavy (non-hydrogen) atoms. The molecule has 128 valence electrons. The molecule has 1 atom stereocenters. The fraction of sp³-hybridized carbons (Fsp3) is 0.333. The van der Waals surface area contributed by atoms with Crippen molar-refractivity contribution in [2.75, 3.05) is 5.32 Å². The molecule has 0 aliphatic heterocycles. The van der Waals surface area contributed by atoms with Crippen LogP contribution in [0.3, 0.4) is 0 Å². The molecule has 1 aliphatic rings. The Hall–Kier alpha value is -2.96. The molecule has 1 amide bonds. The number of nitrogens with one attached hydrogen (secondary N) is 1. The van der Waals surface area contributed by atoms with E-state index < -0.39 is 0 Å². The average molecular weight is 336 g/mol. The standard InChI is InChI=1S/C18H20N6O/c1-12-9-15(5-6-16(12)23-11-19-10-21-23)18(25)22-17-7-8-20-24(17)13(2)14-3-4-14/h5-11,13-14H,3-4H2,1-2H3,(H,22,25)/t13-/m1/s1. The molecule has 1 fully saturated rings. The van der Waals surface area contributed by atoms with Gasteiger partial charge in [0.15, 0.2) is 0 Å². The van der Waals surface area contributed by atoms with E-state index in [1.807, 2.05) is 29.8 Å². The zero-order valence-corrected chi connectivity index (χ0v) is 14.3. The topological polar surface area (TPSA) is 77.6 Å². The lowest BCUT2D eigenvalue weighted by Gasteiger charge is -2.15. The van der Waals surface area contributed by atoms with E-state index in [4.69, 9.17) is 0 Å². The van der Waals surface area contributed by atoms with Crippen molar-refractivity contribution in [3.05, 3.63) is 54.2 Å². The third-order valence-corrected chi connectivity index (χ3v) is 4.73. The molecule has 0 radical (unpaired) electrons. The molecule has 4 rings (SSSR count). The van der Waals surface area contributed by atoms with E-state index in [2.05, 4.69) is 27.4 Å². The number of hydrogen-bond donors (Lipinski definition) is 1. The Labute approximate surface area is 145 Å². The highest BCUT2D eigenvalue weighted by atomic mass is 16.1. The van der Waals surface area contributed by atoms with Gasteiger partial charge in [-0.1, -0.05) is 0 Å². The summed E-state index contributed by atoms with van der Waals surface area (Å²) in [7, 11) is 0. The number of amides is 1. The monoisotopic (exact) mass is 336 g/mol. The van der Waals surface area contributed by atoms with Crippen LogP contribution in [0.1, 0.15) is 41.7 Å². The normalized spacial score (nSPS) is 15.1. The van der Waals surface area contributed by atoms with Crippen molar-refractivity contribution < 1.29 is 4.79 Å². The first-order valence-corrected chi connectivity index (χ1v) is 8.44. The van der Waals surface area contributed by atoms with Crippen LogP contribution in [0.2, 0.25) is 0 Å². The second-order valence-corrected chi connectivity index (χ2v) is 6.53. The van der Waals surface area contributed by atoms with Crippen LogP contribution >= 0.6 is 0 Å². The highest BCUT2D eigenvalue weighted by Gasteiger charge is 2.30. The van der Waals surface area contributed by atoms with E-state index in [9.17, 15) is 4.79 Å². The largest absolute Gasteiger partial charge is 0.307 e. The summed E-state index contributed by atoms with van der Waals surface area (Å²) in [5, 5.41) is 11.5. The minimum absolute atomic E-state index is 0.141. The summed E-state index contributed by atoms with van der Waals surface area (Å²) in [5.74, 6) is 1.26. The fourth-order valence-electron chi connectivity index (χ4n) is 3.09. The van der Waals surface area contributed by atoms with Gasteiger partial charge in [0.25, 0.3) is 5.91 Å². The van der Waals surface area contributed by atoms with Crippen LogP contribution in [0.15, 0.2) is 43.1 Å². The Bertz CT molecular complexity index is 894. The van der Waals surface area contributed by atoms with Gasteiger partial charge in [0.1, 0.15) is 18.5 Å². The molecule has 7 nitrogen and oxygen atoms in total. The van der Waals surface area contributed by atoms with Crippen molar-refractivity contribution in [2.45, 2.75) is 32.7 Å². The van der Waals surface area contributed by atoms with Gasteiger partial charge < -0.3 is 5.32 Å². The summed E-state index contributed by atoms with van der Waals surface area (Å²) < 4.78 is 3.59. The third-order valence-electron chi connectivity index (χ3n) is 4.73. The molecule has 0 unspecified atom stereocenters. The lowest BCUT2D eigenvalue weighted by Crippen LogP contribution is -2.18. The number of anilines is 1. The van der Waals surface area contributed by atoms with Gasteiger partial charge in [-0.15, -0.1) is 0 Å². The van der Waals surface area contributed by atoms with E-state index >= 15 is 0 Å². The van der Waals surface area contributed by atoms with Gasteiger partial charge in [-0.05, 0) is 56.4 Å². The first-order valence-electron chi connectivity index (χ1n) is 8.44. The van der Waals surface area contributed by atoms with Gasteiger partial charge >= 0.3 is 0 Å². The van der Waals surface area contributed by atoms with Crippen LogP contribution in [-0.2, 0) is 0 Å². The predicted octanol–water partition coefficient (Wildman–Crippen LogP) is 3.00. The maximum absolute atomic E-state index is 12.6. The van der Waals surface area contributed by atoms with Crippen LogP contribution in [0, 0.1) is 12.8 Å². The summed E-state index contributed by atoms with van der Waals surface area (Å²) in [4.78, 5) is 16.6. The van der Waals surface area contributed by atoms with Gasteiger partial charge in [0.05, 0.1) is 17.9 Å². The van der Waals surface area contributed by atoms with Crippen LogP contribution in [0.5, 0.6) is 0 Å². The number of rotatable bonds is 5. The number of benzene rings is 1. The van der Waals surface area contributed by atoms with Crippen LogP contribution < -0.4 is 5.32 Å². The Morgan fingerprint density at radius 3 is 2.80 bits per heavy atom. The lowest BCUT2D eigenvalue weighted by molar-refractivity contribution is 0.102. The first kappa shape index (κ1) is 15.6. The van der Waals surface area contributed by atoms with Crippen LogP contribution in [-0.4, -0.2) is 30.5 Å². The molecule has 0 spiro atoms. The second-order valence-electron chi connectivity index (χ2n) is 6.53. The van der Waals surface area contributed by atoms with E-state index in [1.165, 1.54) is 19.2 Å². The minimum atomic E-state index is -0.141. The van der Waals surface area contributed by atoms with Crippen molar-refractivity contribution >= 4 is 11.7 Å². The molecule has 1 aliphatic carbocycles. The number of nitrogens with zero attached hydrogens (tertiary/aromatic N) is 5. The van der Waals surface area contributed by atoms with Crippen molar-refractivity contribution in [1.29, 1.82) is 0 Å². The van der Waals surface area contributed by atoms with Gasteiger partial charge in [-0.2, -0.15) is 10.2 Å². The maximum Gasteiger partial charge on any atom is 0.256 e. The summed E-state index contributed by atoms with van der Waals surface area (Å²) in [6, 6.07) is 7.68. The number of aryl methyl sites for hydroxylation is 1. The number of carbonyl (C=O) groups excluding carboxylic acids is 1. The average Bonchev–Trinajstić information content (AvgIpc) is 3.12. The van der Waals surface area contributed by atoms with Gasteiger partial charge in [-0.25, -0.2) is 14.3 Å². The van der Waals surface area contributed by atoms with Crippen molar-refractivity contribution in [2.24, 2.45) is 5.92 Å². The molecule has 7 heteroatoms. The van der Waals surface area contributed by atoms with E-state index in [0.29, 0.717) is 17.5 Å². The number of aromatic nitrogens is 5. The molecular weight excluding hydrogens is 316 g/mol. The van der Waals surface area contributed by atoms with Crippen molar-refractivity contribution in [3.63, 3.8) is 0 Å². The fourth-order valence-corrected chi connectivity index (χ4v) is 3.09. The highest BCUT2D eigenvalue weighted by Crippen LogP contribution is 2.40. The quantitative estimate of drug-likeness (QED) is 0.777. The molecule has 2 heterocycles. The lowest BCUT2D eigenvalue weighted by atomic mass is 10.1. The summed E-state index contributed by atoms with van der Waals surface area (Å²) in [6.45, 7) is 4.10. The Balaban J connectivity index is 1.54. The maximum atomic E-state index is 12.6. The minimum Gasteiger partial charge on any atom is -0.307 e. The second kappa shape index (κ2) is 6.16. The van der Waals surface area contributed by atoms with Crippen LogP contribution in [0.25, 0.3) is 5.69 Å². The Morgan fingerprint density at radius 2 is 2.12 bits per heavy atom. The summed E-state index contributed by atoms with van der Waals surface area (Å²) >= 11 is 0. The SMILES string of the molecule is Cc1cc(C(=O)Nc2ccnn2[C@H](C)C2CC2)ccc1-n1cncn1. The zero-order chi connectivity index (χ0) is 17.4. The molecule has 1 N–H and O–H groups in total. The molecular formula is C18H20N6O. The van der Waals surface area contributed by atoms with Crippen molar-refractivity contribution in [3.8, 4) is 5.69 Å². The highest BCUT2D eigenvalue weighted by molar-refractivity contribution is 6.04. The number of carbonyl (C=O) groups is 1. The Kier molecular flexibility index (Phi) is 3.83. The smallest absolute Gasteiger partial charge is 0.256 e. The first-order chi connectivity index (χ1) is 12.1. The third kappa shape index (κ3) is 3.05. The molecule has 2 aromatic heterocycles. The predicted molar refractivity (Wildman–Crippen MR) is 93.7 cm³/mol. The molecule has 1 aromatic carbocycles. The zero-order valence-electron chi connectivity index (χ0n) is 14.3. The van der Waals surface area contributed by atoms with Crippen molar-refractivity contribution in [1.82, 2.24) is 24.5 Å². The molecule has 0 saturated heterocycles. The van der Waals surface area contributed by atoms with E-state index in [0.717, 1.165) is 17.1 Å². The van der Waals surface area contributed by atoms with E-state index in [1.54, 1.807) is 23.3 Å².